The third-order valence-corrected chi connectivity index (χ3v) is 1.83. The minimum atomic E-state index is -0.857. The number of carbonyl (C=O) groups is 2. The summed E-state index contributed by atoms with van der Waals surface area (Å²) in [6.07, 6.45) is 6.20. The molecule has 0 radical (unpaired) electrons. The normalized spacial score (nSPS) is 10.8. The maximum absolute atomic E-state index is 11.0. The SMILES string of the molecule is COC(=O)C(=O)C=CC=Cc1ccccc1. The third kappa shape index (κ3) is 3.92. The first kappa shape index (κ1) is 11.9. The number of carbonyl (C=O) groups excluding carboxylic acids is 2. The van der Waals surface area contributed by atoms with Crippen LogP contribution in [0.25, 0.3) is 6.08 Å². The molecule has 1 rings (SSSR count). The van der Waals surface area contributed by atoms with E-state index >= 15 is 0 Å². The van der Waals surface area contributed by atoms with Gasteiger partial charge in [0, 0.05) is 0 Å². The van der Waals surface area contributed by atoms with E-state index in [0.29, 0.717) is 0 Å². The van der Waals surface area contributed by atoms with Crippen LogP contribution < -0.4 is 0 Å². The fourth-order valence-corrected chi connectivity index (χ4v) is 1.04. The van der Waals surface area contributed by atoms with Crippen molar-refractivity contribution >= 4 is 17.8 Å². The predicted octanol–water partition coefficient (Wildman–Crippen LogP) is 2.00. The number of allylic oxidation sites excluding steroid dienone is 2. The van der Waals surface area contributed by atoms with Crippen LogP contribution in [0.15, 0.2) is 48.6 Å². The molecule has 3 heteroatoms. The van der Waals surface area contributed by atoms with Gasteiger partial charge in [0.15, 0.2) is 0 Å². The van der Waals surface area contributed by atoms with E-state index in [2.05, 4.69) is 4.74 Å². The van der Waals surface area contributed by atoms with Crippen LogP contribution in [0.1, 0.15) is 5.56 Å². The minimum Gasteiger partial charge on any atom is -0.463 e. The van der Waals surface area contributed by atoms with Crippen LogP contribution in [0.4, 0.5) is 0 Å². The van der Waals surface area contributed by atoms with Gasteiger partial charge in [-0.2, -0.15) is 0 Å². The zero-order valence-electron chi connectivity index (χ0n) is 8.92. The Morgan fingerprint density at radius 2 is 1.81 bits per heavy atom. The van der Waals surface area contributed by atoms with E-state index in [4.69, 9.17) is 0 Å². The van der Waals surface area contributed by atoms with Crippen LogP contribution in [-0.2, 0) is 14.3 Å². The molecule has 0 unspecified atom stereocenters. The molecule has 82 valence electrons. The zero-order chi connectivity index (χ0) is 11.8. The fraction of sp³-hybridized carbons (Fsp3) is 0.0769. The molecule has 1 aromatic rings. The van der Waals surface area contributed by atoms with Crippen LogP contribution in [0, 0.1) is 0 Å². The summed E-state index contributed by atoms with van der Waals surface area (Å²) >= 11 is 0. The predicted molar refractivity (Wildman–Crippen MR) is 61.6 cm³/mol. The lowest BCUT2D eigenvalue weighted by molar-refractivity contribution is -0.149. The van der Waals surface area contributed by atoms with Gasteiger partial charge in [-0.05, 0) is 11.6 Å². The van der Waals surface area contributed by atoms with E-state index < -0.39 is 11.8 Å². The molecule has 0 amide bonds. The second-order valence-corrected chi connectivity index (χ2v) is 2.98. The van der Waals surface area contributed by atoms with Crippen LogP contribution >= 0.6 is 0 Å². The topological polar surface area (TPSA) is 43.4 Å². The lowest BCUT2D eigenvalue weighted by Crippen LogP contribution is -2.11. The molecule has 16 heavy (non-hydrogen) atoms. The van der Waals surface area contributed by atoms with E-state index in [-0.39, 0.29) is 0 Å². The van der Waals surface area contributed by atoms with Crippen molar-refractivity contribution in [2.24, 2.45) is 0 Å². The van der Waals surface area contributed by atoms with Gasteiger partial charge in [-0.25, -0.2) is 4.79 Å². The first-order valence-corrected chi connectivity index (χ1v) is 4.76. The minimum absolute atomic E-state index is 0.666. The summed E-state index contributed by atoms with van der Waals surface area (Å²) in [6.45, 7) is 0. The molecule has 0 spiro atoms. The maximum Gasteiger partial charge on any atom is 0.378 e. The Hall–Kier alpha value is -2.16. The van der Waals surface area contributed by atoms with E-state index in [1.807, 2.05) is 36.4 Å². The average Bonchev–Trinajstić information content (AvgIpc) is 2.34. The number of hydrogen-bond donors (Lipinski definition) is 0. The van der Waals surface area contributed by atoms with E-state index in [9.17, 15) is 9.59 Å². The molecule has 0 saturated heterocycles. The number of ketones is 1. The summed E-state index contributed by atoms with van der Waals surface area (Å²) in [5.41, 5.74) is 1.03. The molecular formula is C13H12O3. The monoisotopic (exact) mass is 216 g/mol. The smallest absolute Gasteiger partial charge is 0.378 e. The molecule has 0 fully saturated rings. The summed E-state index contributed by atoms with van der Waals surface area (Å²) in [6, 6.07) is 9.64. The molecule has 0 aliphatic heterocycles. The van der Waals surface area contributed by atoms with Gasteiger partial charge < -0.3 is 4.74 Å². The Labute approximate surface area is 94.0 Å². The Morgan fingerprint density at radius 1 is 1.12 bits per heavy atom. The highest BCUT2D eigenvalue weighted by Crippen LogP contribution is 2.00. The van der Waals surface area contributed by atoms with Crippen molar-refractivity contribution in [2.45, 2.75) is 0 Å². The highest BCUT2D eigenvalue weighted by Gasteiger charge is 2.07. The molecule has 0 N–H and O–H groups in total. The fourth-order valence-electron chi connectivity index (χ4n) is 1.04. The summed E-state index contributed by atoms with van der Waals surface area (Å²) in [7, 11) is 1.17. The van der Waals surface area contributed by atoms with Crippen molar-refractivity contribution in [3.05, 3.63) is 54.1 Å². The molecule has 0 atom stereocenters. The average molecular weight is 216 g/mol. The van der Waals surface area contributed by atoms with Gasteiger partial charge >= 0.3 is 5.97 Å². The van der Waals surface area contributed by atoms with Crippen molar-refractivity contribution in [3.8, 4) is 0 Å². The van der Waals surface area contributed by atoms with Crippen LogP contribution in [-0.4, -0.2) is 18.9 Å². The van der Waals surface area contributed by atoms with Gasteiger partial charge in [-0.1, -0.05) is 48.6 Å². The summed E-state index contributed by atoms with van der Waals surface area (Å²) in [4.78, 5) is 21.7. The quantitative estimate of drug-likeness (QED) is 0.334. The summed E-state index contributed by atoms with van der Waals surface area (Å²) in [5.74, 6) is -1.52. The molecule has 0 saturated carbocycles. The van der Waals surface area contributed by atoms with Crippen molar-refractivity contribution < 1.29 is 14.3 Å². The van der Waals surface area contributed by atoms with Crippen LogP contribution in [0.5, 0.6) is 0 Å². The number of esters is 1. The van der Waals surface area contributed by atoms with Gasteiger partial charge in [-0.15, -0.1) is 0 Å². The van der Waals surface area contributed by atoms with Gasteiger partial charge in [0.25, 0.3) is 5.78 Å². The van der Waals surface area contributed by atoms with Gasteiger partial charge in [-0.3, -0.25) is 4.79 Å². The molecule has 3 nitrogen and oxygen atoms in total. The second-order valence-electron chi connectivity index (χ2n) is 2.98. The second kappa shape index (κ2) is 6.35. The summed E-state index contributed by atoms with van der Waals surface area (Å²) < 4.78 is 4.26. The third-order valence-electron chi connectivity index (χ3n) is 1.83. The molecule has 0 aliphatic rings. The Bertz CT molecular complexity index is 416. The number of hydrogen-bond acceptors (Lipinski definition) is 3. The Kier molecular flexibility index (Phi) is 4.73. The zero-order valence-corrected chi connectivity index (χ0v) is 8.92. The Balaban J connectivity index is 2.52. The number of rotatable bonds is 4. The molecular weight excluding hydrogens is 204 g/mol. The maximum atomic E-state index is 11.0. The number of methoxy groups -OCH3 is 1. The highest BCUT2D eigenvalue weighted by atomic mass is 16.5. The standard InChI is InChI=1S/C13H12O3/c1-16-13(15)12(14)10-6-5-9-11-7-3-2-4-8-11/h2-10H,1H3. The number of ether oxygens (including phenoxy) is 1. The highest BCUT2D eigenvalue weighted by molar-refractivity contribution is 6.38. The van der Waals surface area contributed by atoms with Gasteiger partial charge in [0.05, 0.1) is 7.11 Å². The lowest BCUT2D eigenvalue weighted by atomic mass is 10.2. The first-order valence-electron chi connectivity index (χ1n) is 4.76. The van der Waals surface area contributed by atoms with Crippen molar-refractivity contribution in [1.29, 1.82) is 0 Å². The van der Waals surface area contributed by atoms with E-state index in [0.717, 1.165) is 5.56 Å². The van der Waals surface area contributed by atoms with Crippen molar-refractivity contribution in [2.75, 3.05) is 7.11 Å². The van der Waals surface area contributed by atoms with E-state index in [1.165, 1.54) is 19.3 Å². The molecule has 1 aromatic carbocycles. The lowest BCUT2D eigenvalue weighted by Gasteiger charge is -1.90. The van der Waals surface area contributed by atoms with Crippen LogP contribution in [0.3, 0.4) is 0 Å². The van der Waals surface area contributed by atoms with Crippen molar-refractivity contribution in [3.63, 3.8) is 0 Å². The van der Waals surface area contributed by atoms with Gasteiger partial charge in [0.2, 0.25) is 0 Å². The summed E-state index contributed by atoms with van der Waals surface area (Å²) in [5, 5.41) is 0. The largest absolute Gasteiger partial charge is 0.463 e. The molecule has 0 aromatic heterocycles. The van der Waals surface area contributed by atoms with Gasteiger partial charge in [0.1, 0.15) is 0 Å². The Morgan fingerprint density at radius 3 is 2.44 bits per heavy atom. The molecule has 0 aliphatic carbocycles. The van der Waals surface area contributed by atoms with Crippen molar-refractivity contribution in [1.82, 2.24) is 0 Å². The number of benzene rings is 1. The van der Waals surface area contributed by atoms with Crippen LogP contribution in [0.2, 0.25) is 0 Å². The molecule has 0 heterocycles. The first-order chi connectivity index (χ1) is 7.74. The van der Waals surface area contributed by atoms with E-state index in [1.54, 1.807) is 6.08 Å². The molecule has 0 bridgehead atoms.